The summed E-state index contributed by atoms with van der Waals surface area (Å²) in [4.78, 5) is 12.0. The molecule has 21 heavy (non-hydrogen) atoms. The SMILES string of the molecule is CC(C)c1ccc(C(=O)NN=Cc2ccccc2I)cc1. The van der Waals surface area contributed by atoms with Gasteiger partial charge in [-0.1, -0.05) is 44.2 Å². The molecule has 0 spiro atoms. The molecule has 0 saturated carbocycles. The molecule has 0 heterocycles. The third-order valence-corrected chi connectivity index (χ3v) is 4.10. The summed E-state index contributed by atoms with van der Waals surface area (Å²) in [5.74, 6) is 0.257. The summed E-state index contributed by atoms with van der Waals surface area (Å²) in [6.45, 7) is 4.25. The van der Waals surface area contributed by atoms with Crippen molar-refractivity contribution in [3.05, 3.63) is 68.8 Å². The van der Waals surface area contributed by atoms with Gasteiger partial charge in [-0.3, -0.25) is 4.79 Å². The number of amides is 1. The molecule has 0 aliphatic heterocycles. The summed E-state index contributed by atoms with van der Waals surface area (Å²) < 4.78 is 1.09. The van der Waals surface area contributed by atoms with Gasteiger partial charge in [0.2, 0.25) is 0 Å². The number of hydrogen-bond acceptors (Lipinski definition) is 2. The second-order valence-electron chi connectivity index (χ2n) is 5.00. The number of rotatable bonds is 4. The quantitative estimate of drug-likeness (QED) is 0.474. The van der Waals surface area contributed by atoms with Crippen molar-refractivity contribution in [2.45, 2.75) is 19.8 Å². The molecule has 0 bridgehead atoms. The third kappa shape index (κ3) is 4.39. The van der Waals surface area contributed by atoms with Gasteiger partial charge in [0.15, 0.2) is 0 Å². The first-order valence-corrected chi connectivity index (χ1v) is 7.83. The summed E-state index contributed by atoms with van der Waals surface area (Å²) in [6.07, 6.45) is 1.65. The van der Waals surface area contributed by atoms with Crippen LogP contribution in [0.25, 0.3) is 0 Å². The fraction of sp³-hybridized carbons (Fsp3) is 0.176. The second kappa shape index (κ2) is 7.36. The van der Waals surface area contributed by atoms with Gasteiger partial charge < -0.3 is 0 Å². The molecule has 3 nitrogen and oxygen atoms in total. The highest BCUT2D eigenvalue weighted by molar-refractivity contribution is 14.1. The van der Waals surface area contributed by atoms with Gasteiger partial charge >= 0.3 is 0 Å². The molecule has 2 aromatic rings. The van der Waals surface area contributed by atoms with Crippen LogP contribution in [0.5, 0.6) is 0 Å². The number of hydrogen-bond donors (Lipinski definition) is 1. The minimum Gasteiger partial charge on any atom is -0.267 e. The highest BCUT2D eigenvalue weighted by atomic mass is 127. The minimum atomic E-state index is -0.201. The predicted molar refractivity (Wildman–Crippen MR) is 94.8 cm³/mol. The number of benzene rings is 2. The molecule has 0 atom stereocenters. The zero-order valence-corrected chi connectivity index (χ0v) is 14.2. The van der Waals surface area contributed by atoms with E-state index in [0.29, 0.717) is 11.5 Å². The minimum absolute atomic E-state index is 0.201. The molecule has 0 fully saturated rings. The molecule has 0 saturated heterocycles. The maximum Gasteiger partial charge on any atom is 0.271 e. The highest BCUT2D eigenvalue weighted by Crippen LogP contribution is 2.14. The Morgan fingerprint density at radius 1 is 1.14 bits per heavy atom. The van der Waals surface area contributed by atoms with Crippen molar-refractivity contribution in [3.8, 4) is 0 Å². The number of carbonyl (C=O) groups excluding carboxylic acids is 1. The van der Waals surface area contributed by atoms with Gasteiger partial charge in [0.05, 0.1) is 6.21 Å². The fourth-order valence-corrected chi connectivity index (χ4v) is 2.35. The van der Waals surface area contributed by atoms with Gasteiger partial charge in [0.1, 0.15) is 0 Å². The molecule has 0 aliphatic rings. The molecule has 2 aromatic carbocycles. The van der Waals surface area contributed by atoms with Crippen molar-refractivity contribution in [2.75, 3.05) is 0 Å². The summed E-state index contributed by atoms with van der Waals surface area (Å²) >= 11 is 2.23. The largest absolute Gasteiger partial charge is 0.271 e. The first kappa shape index (κ1) is 15.7. The molecule has 4 heteroatoms. The van der Waals surface area contributed by atoms with Crippen LogP contribution in [0.3, 0.4) is 0 Å². The van der Waals surface area contributed by atoms with E-state index in [0.717, 1.165) is 9.13 Å². The molecular weight excluding hydrogens is 375 g/mol. The van der Waals surface area contributed by atoms with Crippen LogP contribution in [0.2, 0.25) is 0 Å². The Morgan fingerprint density at radius 3 is 2.43 bits per heavy atom. The average molecular weight is 392 g/mol. The molecule has 0 aromatic heterocycles. The van der Waals surface area contributed by atoms with Crippen LogP contribution in [0.1, 0.15) is 41.3 Å². The normalized spacial score (nSPS) is 11.0. The zero-order chi connectivity index (χ0) is 15.2. The van der Waals surface area contributed by atoms with Crippen LogP contribution >= 0.6 is 22.6 Å². The second-order valence-corrected chi connectivity index (χ2v) is 6.16. The number of halogens is 1. The lowest BCUT2D eigenvalue weighted by Gasteiger charge is -2.06. The Morgan fingerprint density at radius 2 is 1.81 bits per heavy atom. The van der Waals surface area contributed by atoms with Gasteiger partial charge in [-0.2, -0.15) is 5.10 Å². The van der Waals surface area contributed by atoms with Crippen LogP contribution < -0.4 is 5.43 Å². The number of hydrazone groups is 1. The van der Waals surface area contributed by atoms with E-state index in [-0.39, 0.29) is 5.91 Å². The maximum absolute atomic E-state index is 12.0. The zero-order valence-electron chi connectivity index (χ0n) is 12.0. The first-order valence-electron chi connectivity index (χ1n) is 6.76. The van der Waals surface area contributed by atoms with Crippen molar-refractivity contribution < 1.29 is 4.79 Å². The summed E-state index contributed by atoms with van der Waals surface area (Å²) in [5.41, 5.74) is 5.36. The van der Waals surface area contributed by atoms with Gasteiger partial charge in [-0.25, -0.2) is 5.43 Å². The lowest BCUT2D eigenvalue weighted by molar-refractivity contribution is 0.0955. The fourth-order valence-electron chi connectivity index (χ4n) is 1.82. The third-order valence-electron chi connectivity index (χ3n) is 3.11. The maximum atomic E-state index is 12.0. The van der Waals surface area contributed by atoms with Crippen molar-refractivity contribution in [1.29, 1.82) is 0 Å². The van der Waals surface area contributed by atoms with E-state index >= 15 is 0 Å². The van der Waals surface area contributed by atoms with Gasteiger partial charge in [-0.05, 0) is 52.3 Å². The molecule has 0 unspecified atom stereocenters. The van der Waals surface area contributed by atoms with Crippen LogP contribution in [0.4, 0.5) is 0 Å². The highest BCUT2D eigenvalue weighted by Gasteiger charge is 2.05. The van der Waals surface area contributed by atoms with E-state index < -0.39 is 0 Å². The molecule has 1 N–H and O–H groups in total. The van der Waals surface area contributed by atoms with Crippen molar-refractivity contribution >= 4 is 34.7 Å². The Labute approximate surface area is 138 Å². The average Bonchev–Trinajstić information content (AvgIpc) is 2.49. The molecule has 108 valence electrons. The van der Waals surface area contributed by atoms with Gasteiger partial charge in [0.25, 0.3) is 5.91 Å². The van der Waals surface area contributed by atoms with Crippen LogP contribution in [-0.4, -0.2) is 12.1 Å². The standard InChI is InChI=1S/C17H17IN2O/c1-12(2)13-7-9-14(10-8-13)17(21)20-19-11-15-5-3-4-6-16(15)18/h3-12H,1-2H3,(H,20,21). The summed E-state index contributed by atoms with van der Waals surface area (Å²) in [6, 6.07) is 15.5. The van der Waals surface area contributed by atoms with Gasteiger partial charge in [0, 0.05) is 14.7 Å². The van der Waals surface area contributed by atoms with Crippen molar-refractivity contribution in [3.63, 3.8) is 0 Å². The topological polar surface area (TPSA) is 41.5 Å². The predicted octanol–water partition coefficient (Wildman–Crippen LogP) is 4.18. The summed E-state index contributed by atoms with van der Waals surface area (Å²) in [5, 5.41) is 4.01. The van der Waals surface area contributed by atoms with E-state index in [1.165, 1.54) is 5.56 Å². The Bertz CT molecular complexity index is 648. The molecule has 1 amide bonds. The number of carbonyl (C=O) groups is 1. The molecule has 0 radical (unpaired) electrons. The Kier molecular flexibility index (Phi) is 5.50. The van der Waals surface area contributed by atoms with E-state index in [1.807, 2.05) is 48.5 Å². The lowest BCUT2D eigenvalue weighted by Crippen LogP contribution is -2.17. The summed E-state index contributed by atoms with van der Waals surface area (Å²) in [7, 11) is 0. The molecular formula is C17H17IN2O. The lowest BCUT2D eigenvalue weighted by atomic mass is 10.0. The Hall–Kier alpha value is -1.69. The van der Waals surface area contributed by atoms with E-state index in [1.54, 1.807) is 6.21 Å². The monoisotopic (exact) mass is 392 g/mol. The van der Waals surface area contributed by atoms with Crippen LogP contribution in [0.15, 0.2) is 53.6 Å². The van der Waals surface area contributed by atoms with Crippen molar-refractivity contribution in [1.82, 2.24) is 5.43 Å². The van der Waals surface area contributed by atoms with Crippen molar-refractivity contribution in [2.24, 2.45) is 5.10 Å². The molecule has 2 rings (SSSR count). The van der Waals surface area contributed by atoms with E-state index in [9.17, 15) is 4.79 Å². The van der Waals surface area contributed by atoms with Gasteiger partial charge in [-0.15, -0.1) is 0 Å². The van der Waals surface area contributed by atoms with E-state index in [2.05, 4.69) is 47.0 Å². The number of nitrogens with zero attached hydrogens (tertiary/aromatic N) is 1. The van der Waals surface area contributed by atoms with Crippen LogP contribution in [0, 0.1) is 3.57 Å². The van der Waals surface area contributed by atoms with Crippen LogP contribution in [-0.2, 0) is 0 Å². The molecule has 0 aliphatic carbocycles. The smallest absolute Gasteiger partial charge is 0.267 e. The number of nitrogens with one attached hydrogen (secondary N) is 1. The van der Waals surface area contributed by atoms with E-state index in [4.69, 9.17) is 0 Å². The first-order chi connectivity index (χ1) is 10.1. The Balaban J connectivity index is 2.00.